The number of hydrogen-bond acceptors (Lipinski definition) is 2. The largest absolute Gasteiger partial charge is 0.377 e. The summed E-state index contributed by atoms with van der Waals surface area (Å²) in [5.74, 6) is 2.55. The van der Waals surface area contributed by atoms with E-state index in [0.717, 1.165) is 30.9 Å². The molecule has 2 nitrogen and oxygen atoms in total. The Kier molecular flexibility index (Phi) is 6.83. The van der Waals surface area contributed by atoms with E-state index in [9.17, 15) is 0 Å². The van der Waals surface area contributed by atoms with Crippen molar-refractivity contribution < 1.29 is 4.74 Å². The van der Waals surface area contributed by atoms with Crippen molar-refractivity contribution in [3.63, 3.8) is 0 Å². The summed E-state index contributed by atoms with van der Waals surface area (Å²) < 4.78 is 6.33. The molecule has 2 heteroatoms. The van der Waals surface area contributed by atoms with Gasteiger partial charge in [0.15, 0.2) is 0 Å². The molecule has 0 aromatic heterocycles. The second kappa shape index (κ2) is 8.38. The van der Waals surface area contributed by atoms with Gasteiger partial charge in [0.1, 0.15) is 0 Å². The summed E-state index contributed by atoms with van der Waals surface area (Å²) in [5, 5.41) is 3.75. The predicted octanol–water partition coefficient (Wildman–Crippen LogP) is 4.39. The first kappa shape index (κ1) is 16.3. The van der Waals surface area contributed by atoms with Gasteiger partial charge in [0, 0.05) is 6.04 Å². The van der Waals surface area contributed by atoms with Crippen LogP contribution in [0.1, 0.15) is 72.1 Å². The molecule has 0 aromatic rings. The van der Waals surface area contributed by atoms with E-state index in [4.69, 9.17) is 4.74 Å². The molecule has 0 radical (unpaired) electrons. The third kappa shape index (κ3) is 5.04. The minimum Gasteiger partial charge on any atom is -0.377 e. The quantitative estimate of drug-likeness (QED) is 0.747. The summed E-state index contributed by atoms with van der Waals surface area (Å²) in [4.78, 5) is 0. The molecule has 118 valence electrons. The second-order valence-corrected chi connectivity index (χ2v) is 7.48. The topological polar surface area (TPSA) is 21.3 Å². The lowest BCUT2D eigenvalue weighted by atomic mass is 9.82. The zero-order chi connectivity index (χ0) is 14.4. The third-order valence-electron chi connectivity index (χ3n) is 5.27. The zero-order valence-corrected chi connectivity index (χ0v) is 13.9. The lowest BCUT2D eigenvalue weighted by Crippen LogP contribution is -2.41. The maximum Gasteiger partial charge on any atom is 0.0626 e. The fourth-order valence-electron chi connectivity index (χ4n) is 4.30. The first-order chi connectivity index (χ1) is 9.69. The standard InChI is InChI=1S/C18H35NO/c1-4-9-19-18(16-7-5-6-8-16)13-20-17-11-14(2)10-15(3)12-17/h14-19H,4-13H2,1-3H3. The Morgan fingerprint density at radius 2 is 1.70 bits per heavy atom. The van der Waals surface area contributed by atoms with Crippen LogP contribution in [-0.2, 0) is 4.74 Å². The highest BCUT2D eigenvalue weighted by molar-refractivity contribution is 4.82. The molecule has 0 saturated heterocycles. The maximum atomic E-state index is 6.33. The Morgan fingerprint density at radius 1 is 1.05 bits per heavy atom. The van der Waals surface area contributed by atoms with Gasteiger partial charge in [0.2, 0.25) is 0 Å². The average Bonchev–Trinajstić information content (AvgIpc) is 2.91. The second-order valence-electron chi connectivity index (χ2n) is 7.48. The molecular formula is C18H35NO. The van der Waals surface area contributed by atoms with E-state index in [-0.39, 0.29) is 0 Å². The van der Waals surface area contributed by atoms with Crippen LogP contribution in [0.15, 0.2) is 0 Å². The van der Waals surface area contributed by atoms with Gasteiger partial charge in [-0.2, -0.15) is 0 Å². The van der Waals surface area contributed by atoms with Crippen molar-refractivity contribution in [3.05, 3.63) is 0 Å². The minimum atomic E-state index is 0.515. The summed E-state index contributed by atoms with van der Waals surface area (Å²) in [7, 11) is 0. The fourth-order valence-corrected chi connectivity index (χ4v) is 4.30. The van der Waals surface area contributed by atoms with Crippen LogP contribution in [0, 0.1) is 17.8 Å². The van der Waals surface area contributed by atoms with Crippen LogP contribution in [0.4, 0.5) is 0 Å². The highest BCUT2D eigenvalue weighted by Crippen LogP contribution is 2.32. The van der Waals surface area contributed by atoms with Crippen molar-refractivity contribution in [1.29, 1.82) is 0 Å². The van der Waals surface area contributed by atoms with Gasteiger partial charge in [0.05, 0.1) is 12.7 Å². The molecule has 0 bridgehead atoms. The predicted molar refractivity (Wildman–Crippen MR) is 86.0 cm³/mol. The van der Waals surface area contributed by atoms with Gasteiger partial charge in [-0.15, -0.1) is 0 Å². The molecule has 3 unspecified atom stereocenters. The van der Waals surface area contributed by atoms with E-state index < -0.39 is 0 Å². The van der Waals surface area contributed by atoms with Crippen molar-refractivity contribution in [3.8, 4) is 0 Å². The van der Waals surface area contributed by atoms with Gasteiger partial charge in [-0.25, -0.2) is 0 Å². The Hall–Kier alpha value is -0.0800. The van der Waals surface area contributed by atoms with Crippen LogP contribution in [0.3, 0.4) is 0 Å². The Labute approximate surface area is 126 Å². The van der Waals surface area contributed by atoms with Crippen LogP contribution < -0.4 is 5.32 Å². The molecule has 1 N–H and O–H groups in total. The van der Waals surface area contributed by atoms with Gasteiger partial charge in [0.25, 0.3) is 0 Å². The van der Waals surface area contributed by atoms with Crippen molar-refractivity contribution in [2.24, 2.45) is 17.8 Å². The van der Waals surface area contributed by atoms with Crippen molar-refractivity contribution in [1.82, 2.24) is 5.32 Å². The Morgan fingerprint density at radius 3 is 2.30 bits per heavy atom. The van der Waals surface area contributed by atoms with Crippen molar-refractivity contribution in [2.45, 2.75) is 84.3 Å². The van der Waals surface area contributed by atoms with E-state index in [1.165, 1.54) is 51.4 Å². The van der Waals surface area contributed by atoms with E-state index in [0.29, 0.717) is 12.1 Å². The molecule has 2 saturated carbocycles. The summed E-state index contributed by atoms with van der Waals surface area (Å²) in [6.45, 7) is 9.10. The summed E-state index contributed by atoms with van der Waals surface area (Å²) in [6, 6.07) is 0.602. The third-order valence-corrected chi connectivity index (χ3v) is 5.27. The smallest absolute Gasteiger partial charge is 0.0626 e. The van der Waals surface area contributed by atoms with E-state index >= 15 is 0 Å². The average molecular weight is 281 g/mol. The molecular weight excluding hydrogens is 246 g/mol. The number of hydrogen-bond donors (Lipinski definition) is 1. The highest BCUT2D eigenvalue weighted by atomic mass is 16.5. The van der Waals surface area contributed by atoms with Crippen LogP contribution in [0.5, 0.6) is 0 Å². The van der Waals surface area contributed by atoms with Gasteiger partial charge < -0.3 is 10.1 Å². The summed E-state index contributed by atoms with van der Waals surface area (Å²) in [5.41, 5.74) is 0. The van der Waals surface area contributed by atoms with Gasteiger partial charge in [-0.1, -0.05) is 33.6 Å². The normalized spacial score (nSPS) is 33.5. The van der Waals surface area contributed by atoms with Gasteiger partial charge >= 0.3 is 0 Å². The first-order valence-corrected chi connectivity index (χ1v) is 9.04. The molecule has 0 aliphatic heterocycles. The number of rotatable bonds is 7. The molecule has 0 heterocycles. The summed E-state index contributed by atoms with van der Waals surface area (Å²) >= 11 is 0. The summed E-state index contributed by atoms with van der Waals surface area (Å²) in [6.07, 6.45) is 11.3. The zero-order valence-electron chi connectivity index (χ0n) is 13.9. The van der Waals surface area contributed by atoms with E-state index in [2.05, 4.69) is 26.1 Å². The Balaban J connectivity index is 1.77. The SMILES string of the molecule is CCCNC(COC1CC(C)CC(C)C1)C1CCCC1. The molecule has 0 aromatic carbocycles. The van der Waals surface area contributed by atoms with Crippen LogP contribution >= 0.6 is 0 Å². The molecule has 2 aliphatic rings. The maximum absolute atomic E-state index is 6.33. The van der Waals surface area contributed by atoms with Crippen molar-refractivity contribution in [2.75, 3.05) is 13.2 Å². The van der Waals surface area contributed by atoms with Crippen molar-refractivity contribution >= 4 is 0 Å². The molecule has 2 fully saturated rings. The molecule has 0 amide bonds. The minimum absolute atomic E-state index is 0.515. The molecule has 20 heavy (non-hydrogen) atoms. The molecule has 3 atom stereocenters. The lowest BCUT2D eigenvalue weighted by molar-refractivity contribution is -0.0155. The Bertz CT molecular complexity index is 252. The molecule has 2 rings (SSSR count). The van der Waals surface area contributed by atoms with Gasteiger partial charge in [-0.3, -0.25) is 0 Å². The van der Waals surface area contributed by atoms with Crippen LogP contribution in [0.2, 0.25) is 0 Å². The van der Waals surface area contributed by atoms with Crippen LogP contribution in [-0.4, -0.2) is 25.3 Å². The molecule has 2 aliphatic carbocycles. The number of ether oxygens (including phenoxy) is 1. The van der Waals surface area contributed by atoms with E-state index in [1.54, 1.807) is 0 Å². The fraction of sp³-hybridized carbons (Fsp3) is 1.00. The van der Waals surface area contributed by atoms with E-state index in [1.807, 2.05) is 0 Å². The first-order valence-electron chi connectivity index (χ1n) is 9.04. The monoisotopic (exact) mass is 281 g/mol. The lowest BCUT2D eigenvalue weighted by Gasteiger charge is -2.33. The van der Waals surface area contributed by atoms with Gasteiger partial charge in [-0.05, 0) is 62.8 Å². The highest BCUT2D eigenvalue weighted by Gasteiger charge is 2.28. The number of nitrogens with one attached hydrogen (secondary N) is 1. The van der Waals surface area contributed by atoms with Crippen LogP contribution in [0.25, 0.3) is 0 Å². The molecule has 0 spiro atoms.